The lowest BCUT2D eigenvalue weighted by Gasteiger charge is -2.35. The quantitative estimate of drug-likeness (QED) is 0.832. The van der Waals surface area contributed by atoms with Gasteiger partial charge in [-0.25, -0.2) is 0 Å². The number of carbonyl (C=O) groups excluding carboxylic acids is 1. The summed E-state index contributed by atoms with van der Waals surface area (Å²) >= 11 is 6.13. The number of aromatic nitrogens is 1. The fourth-order valence-electron chi connectivity index (χ4n) is 2.83. The van der Waals surface area contributed by atoms with Crippen LogP contribution in [0.1, 0.15) is 24.2 Å². The zero-order valence-electron chi connectivity index (χ0n) is 11.4. The number of hydrogen-bond acceptors (Lipinski definition) is 1. The molecule has 0 bridgehead atoms. The summed E-state index contributed by atoms with van der Waals surface area (Å²) in [7, 11) is 0. The highest BCUT2D eigenvalue weighted by Crippen LogP contribution is 2.26. The summed E-state index contributed by atoms with van der Waals surface area (Å²) in [6, 6.07) is 11.8. The lowest BCUT2D eigenvalue weighted by atomic mass is 10.1. The van der Waals surface area contributed by atoms with Gasteiger partial charge in [-0.15, -0.1) is 0 Å². The van der Waals surface area contributed by atoms with Crippen LogP contribution in [-0.4, -0.2) is 21.9 Å². The van der Waals surface area contributed by atoms with Gasteiger partial charge >= 0.3 is 0 Å². The molecule has 2 heterocycles. The summed E-state index contributed by atoms with van der Waals surface area (Å²) in [5, 5.41) is 0.661. The Morgan fingerprint density at radius 3 is 2.85 bits per heavy atom. The van der Waals surface area contributed by atoms with Crippen molar-refractivity contribution >= 4 is 17.5 Å². The first kappa shape index (κ1) is 13.3. The number of halogens is 1. The Morgan fingerprint density at radius 1 is 1.25 bits per heavy atom. The molecule has 1 aliphatic heterocycles. The molecule has 1 atom stereocenters. The summed E-state index contributed by atoms with van der Waals surface area (Å²) in [4.78, 5) is 14.5. The molecule has 1 aromatic carbocycles. The maximum Gasteiger partial charge on any atom is 0.227 e. The predicted octanol–water partition coefficient (Wildman–Crippen LogP) is 3.29. The molecule has 20 heavy (non-hydrogen) atoms. The molecule has 1 aliphatic rings. The molecular weight excluding hydrogens is 272 g/mol. The SMILES string of the molecule is C[C@@H]1c2cccn2CCN1C(=O)Cc1ccccc1Cl. The summed E-state index contributed by atoms with van der Waals surface area (Å²) < 4.78 is 2.21. The van der Waals surface area contributed by atoms with Crippen LogP contribution < -0.4 is 0 Å². The lowest BCUT2D eigenvalue weighted by Crippen LogP contribution is -2.41. The first-order chi connectivity index (χ1) is 9.66. The van der Waals surface area contributed by atoms with Crippen LogP contribution in [0.5, 0.6) is 0 Å². The molecule has 2 aromatic rings. The first-order valence-electron chi connectivity index (χ1n) is 6.84. The number of hydrogen-bond donors (Lipinski definition) is 0. The second-order valence-corrected chi connectivity index (χ2v) is 5.56. The molecule has 4 heteroatoms. The number of carbonyl (C=O) groups is 1. The smallest absolute Gasteiger partial charge is 0.227 e. The van der Waals surface area contributed by atoms with Crippen LogP contribution in [0.2, 0.25) is 5.02 Å². The zero-order valence-corrected chi connectivity index (χ0v) is 12.2. The average Bonchev–Trinajstić information content (AvgIpc) is 2.91. The highest BCUT2D eigenvalue weighted by Gasteiger charge is 2.27. The molecule has 0 fully saturated rings. The van der Waals surface area contributed by atoms with E-state index >= 15 is 0 Å². The Balaban J connectivity index is 1.77. The van der Waals surface area contributed by atoms with Gasteiger partial charge in [0, 0.05) is 30.0 Å². The van der Waals surface area contributed by atoms with Gasteiger partial charge in [0.05, 0.1) is 12.5 Å². The van der Waals surface area contributed by atoms with Gasteiger partial charge in [-0.1, -0.05) is 29.8 Å². The number of benzene rings is 1. The summed E-state index contributed by atoms with van der Waals surface area (Å²) in [6.07, 6.45) is 2.44. The van der Waals surface area contributed by atoms with Gasteiger partial charge in [0.1, 0.15) is 0 Å². The Bertz CT molecular complexity index is 635. The average molecular weight is 289 g/mol. The second kappa shape index (κ2) is 5.33. The molecule has 1 amide bonds. The molecule has 0 N–H and O–H groups in total. The molecule has 0 unspecified atom stereocenters. The summed E-state index contributed by atoms with van der Waals surface area (Å²) in [5.74, 6) is 0.137. The molecular formula is C16H17ClN2O. The molecule has 0 saturated carbocycles. The van der Waals surface area contributed by atoms with Crippen molar-refractivity contribution in [2.24, 2.45) is 0 Å². The van der Waals surface area contributed by atoms with Crippen molar-refractivity contribution in [1.29, 1.82) is 0 Å². The molecule has 1 aromatic heterocycles. The Kier molecular flexibility index (Phi) is 3.53. The van der Waals surface area contributed by atoms with E-state index < -0.39 is 0 Å². The molecule has 104 valence electrons. The van der Waals surface area contributed by atoms with E-state index in [1.165, 1.54) is 5.69 Å². The second-order valence-electron chi connectivity index (χ2n) is 5.16. The van der Waals surface area contributed by atoms with E-state index in [0.29, 0.717) is 11.4 Å². The predicted molar refractivity (Wildman–Crippen MR) is 79.7 cm³/mol. The minimum absolute atomic E-state index is 0.119. The van der Waals surface area contributed by atoms with Gasteiger partial charge in [0.25, 0.3) is 0 Å². The third kappa shape index (κ3) is 2.34. The zero-order chi connectivity index (χ0) is 14.1. The van der Waals surface area contributed by atoms with E-state index in [1.54, 1.807) is 0 Å². The van der Waals surface area contributed by atoms with E-state index in [0.717, 1.165) is 18.7 Å². The maximum atomic E-state index is 12.5. The lowest BCUT2D eigenvalue weighted by molar-refractivity contribution is -0.133. The highest BCUT2D eigenvalue weighted by atomic mass is 35.5. The van der Waals surface area contributed by atoms with Gasteiger partial charge in [0.2, 0.25) is 5.91 Å². The van der Waals surface area contributed by atoms with Gasteiger partial charge < -0.3 is 9.47 Å². The number of nitrogens with zero attached hydrogens (tertiary/aromatic N) is 2. The van der Waals surface area contributed by atoms with Crippen LogP contribution in [0.3, 0.4) is 0 Å². The third-order valence-electron chi connectivity index (χ3n) is 3.96. The van der Waals surface area contributed by atoms with E-state index in [2.05, 4.69) is 23.8 Å². The van der Waals surface area contributed by atoms with Crippen LogP contribution in [0.25, 0.3) is 0 Å². The minimum atomic E-state index is 0.119. The standard InChI is InChI=1S/C16H17ClN2O/c1-12-15-7-4-8-18(15)9-10-19(12)16(20)11-13-5-2-3-6-14(13)17/h2-8,12H,9-11H2,1H3/t12-/m1/s1. The van der Waals surface area contributed by atoms with Crippen molar-refractivity contribution in [3.63, 3.8) is 0 Å². The van der Waals surface area contributed by atoms with Crippen molar-refractivity contribution < 1.29 is 4.79 Å². The van der Waals surface area contributed by atoms with Gasteiger partial charge in [-0.2, -0.15) is 0 Å². The molecule has 0 saturated heterocycles. The van der Waals surface area contributed by atoms with Gasteiger partial charge in [0.15, 0.2) is 0 Å². The van der Waals surface area contributed by atoms with Crippen LogP contribution in [0, 0.1) is 0 Å². The Hall–Kier alpha value is -1.74. The number of rotatable bonds is 2. The maximum absolute atomic E-state index is 12.5. The van der Waals surface area contributed by atoms with Crippen LogP contribution in [0.15, 0.2) is 42.6 Å². The normalized spacial score (nSPS) is 17.9. The Morgan fingerprint density at radius 2 is 2.05 bits per heavy atom. The van der Waals surface area contributed by atoms with Crippen LogP contribution >= 0.6 is 11.6 Å². The Labute approximate surface area is 123 Å². The molecule has 3 nitrogen and oxygen atoms in total. The third-order valence-corrected chi connectivity index (χ3v) is 4.33. The fraction of sp³-hybridized carbons (Fsp3) is 0.312. The van der Waals surface area contributed by atoms with E-state index in [-0.39, 0.29) is 11.9 Å². The van der Waals surface area contributed by atoms with Gasteiger partial charge in [-0.3, -0.25) is 4.79 Å². The summed E-state index contributed by atoms with van der Waals surface area (Å²) in [6.45, 7) is 3.70. The number of amides is 1. The largest absolute Gasteiger partial charge is 0.348 e. The number of fused-ring (bicyclic) bond motifs is 1. The monoisotopic (exact) mass is 288 g/mol. The molecule has 3 rings (SSSR count). The molecule has 0 spiro atoms. The highest BCUT2D eigenvalue weighted by molar-refractivity contribution is 6.31. The van der Waals surface area contributed by atoms with E-state index in [4.69, 9.17) is 11.6 Å². The van der Waals surface area contributed by atoms with Gasteiger partial charge in [-0.05, 0) is 30.7 Å². The molecule has 0 aliphatic carbocycles. The van der Waals surface area contributed by atoms with Crippen molar-refractivity contribution in [2.75, 3.05) is 6.54 Å². The minimum Gasteiger partial charge on any atom is -0.348 e. The van der Waals surface area contributed by atoms with E-state index in [1.807, 2.05) is 35.2 Å². The van der Waals surface area contributed by atoms with Crippen molar-refractivity contribution in [3.8, 4) is 0 Å². The fourth-order valence-corrected chi connectivity index (χ4v) is 3.03. The first-order valence-corrected chi connectivity index (χ1v) is 7.22. The summed E-state index contributed by atoms with van der Waals surface area (Å²) in [5.41, 5.74) is 2.09. The van der Waals surface area contributed by atoms with Crippen molar-refractivity contribution in [3.05, 3.63) is 58.9 Å². The van der Waals surface area contributed by atoms with Crippen LogP contribution in [0.4, 0.5) is 0 Å². The van der Waals surface area contributed by atoms with Crippen LogP contribution in [-0.2, 0) is 17.8 Å². The molecule has 0 radical (unpaired) electrons. The van der Waals surface area contributed by atoms with Crippen molar-refractivity contribution in [1.82, 2.24) is 9.47 Å². The van der Waals surface area contributed by atoms with E-state index in [9.17, 15) is 4.79 Å². The topological polar surface area (TPSA) is 25.2 Å². The van der Waals surface area contributed by atoms with Crippen molar-refractivity contribution in [2.45, 2.75) is 25.9 Å².